The molecule has 7 heteroatoms. The third-order valence-corrected chi connectivity index (χ3v) is 5.13. The predicted octanol–water partition coefficient (Wildman–Crippen LogP) is 2.31. The Morgan fingerprint density at radius 1 is 1.38 bits per heavy atom. The molecular formula is C17H22N4O2S. The van der Waals surface area contributed by atoms with E-state index in [2.05, 4.69) is 10.4 Å². The van der Waals surface area contributed by atoms with Crippen LogP contribution >= 0.6 is 11.3 Å². The fraction of sp³-hybridized carbons (Fsp3) is 0.471. The van der Waals surface area contributed by atoms with Crippen molar-refractivity contribution in [3.8, 4) is 10.6 Å². The molecule has 0 saturated heterocycles. The van der Waals surface area contributed by atoms with Gasteiger partial charge in [0.05, 0.1) is 12.1 Å². The molecule has 2 N–H and O–H groups in total. The van der Waals surface area contributed by atoms with Gasteiger partial charge in [-0.05, 0) is 49.9 Å². The molecule has 0 unspecified atom stereocenters. The molecule has 1 aromatic carbocycles. The Kier molecular flexibility index (Phi) is 5.11. The summed E-state index contributed by atoms with van der Waals surface area (Å²) < 4.78 is 1.79. The zero-order valence-electron chi connectivity index (χ0n) is 13.9. The Morgan fingerprint density at radius 2 is 2.12 bits per heavy atom. The summed E-state index contributed by atoms with van der Waals surface area (Å²) in [6.45, 7) is 1.49. The first kappa shape index (κ1) is 16.9. The highest BCUT2D eigenvalue weighted by molar-refractivity contribution is 7.12. The lowest BCUT2D eigenvalue weighted by molar-refractivity contribution is -0.114. The molecule has 2 aromatic rings. The minimum atomic E-state index is -0.230. The number of hydrogen-bond acceptors (Lipinski definition) is 5. The van der Waals surface area contributed by atoms with Gasteiger partial charge in [0.15, 0.2) is 0 Å². The Morgan fingerprint density at radius 3 is 2.79 bits per heavy atom. The zero-order valence-corrected chi connectivity index (χ0v) is 14.7. The van der Waals surface area contributed by atoms with E-state index in [1.54, 1.807) is 16.0 Å². The van der Waals surface area contributed by atoms with Gasteiger partial charge in [-0.3, -0.25) is 9.79 Å². The number of aromatic nitrogens is 2. The third kappa shape index (κ3) is 4.10. The number of carbonyl (C=O) groups excluding carboxylic acids is 1. The van der Waals surface area contributed by atoms with Crippen molar-refractivity contribution in [3.05, 3.63) is 29.1 Å². The SMILES string of the molecule is CC(=O)Nc1ccc(-c2nn(C)c(=N[C@@H]3CCC[C@@H](O)C3)s2)cc1. The minimum absolute atomic E-state index is 0.0841. The van der Waals surface area contributed by atoms with E-state index < -0.39 is 0 Å². The van der Waals surface area contributed by atoms with Crippen LogP contribution in [0.25, 0.3) is 10.6 Å². The van der Waals surface area contributed by atoms with Crippen LogP contribution < -0.4 is 10.1 Å². The number of anilines is 1. The number of aliphatic hydroxyl groups excluding tert-OH is 1. The van der Waals surface area contributed by atoms with Gasteiger partial charge in [0, 0.05) is 25.2 Å². The molecular weight excluding hydrogens is 324 g/mol. The number of nitrogens with one attached hydrogen (secondary N) is 1. The summed E-state index contributed by atoms with van der Waals surface area (Å²) in [5.74, 6) is -0.0841. The lowest BCUT2D eigenvalue weighted by Crippen LogP contribution is -2.25. The van der Waals surface area contributed by atoms with Crippen LogP contribution in [0.2, 0.25) is 0 Å². The Bertz CT molecular complexity index is 779. The van der Waals surface area contributed by atoms with Crippen molar-refractivity contribution in [2.75, 3.05) is 5.32 Å². The first-order valence-corrected chi connectivity index (χ1v) is 8.97. The van der Waals surface area contributed by atoms with E-state index in [0.29, 0.717) is 0 Å². The maximum absolute atomic E-state index is 11.1. The van der Waals surface area contributed by atoms with Crippen molar-refractivity contribution in [3.63, 3.8) is 0 Å². The van der Waals surface area contributed by atoms with Gasteiger partial charge < -0.3 is 10.4 Å². The van der Waals surface area contributed by atoms with Crippen molar-refractivity contribution in [2.45, 2.75) is 44.8 Å². The maximum Gasteiger partial charge on any atom is 0.221 e. The Labute approximate surface area is 144 Å². The van der Waals surface area contributed by atoms with Gasteiger partial charge in [0.25, 0.3) is 0 Å². The number of amides is 1. The molecule has 6 nitrogen and oxygen atoms in total. The molecule has 1 aliphatic rings. The standard InChI is InChI=1S/C17H22N4O2S/c1-11(22)18-13-8-6-12(7-9-13)16-20-21(2)17(24-16)19-14-4-3-5-15(23)10-14/h6-9,14-15,23H,3-5,10H2,1-2H3,(H,18,22)/t14-,15-/m1/s1. The Balaban J connectivity index is 1.81. The largest absolute Gasteiger partial charge is 0.393 e. The first-order chi connectivity index (χ1) is 11.5. The summed E-state index contributed by atoms with van der Waals surface area (Å²) in [7, 11) is 1.89. The molecule has 1 heterocycles. The number of hydrogen-bond donors (Lipinski definition) is 2. The van der Waals surface area contributed by atoms with E-state index in [-0.39, 0.29) is 18.1 Å². The highest BCUT2D eigenvalue weighted by Crippen LogP contribution is 2.23. The highest BCUT2D eigenvalue weighted by Gasteiger charge is 2.19. The summed E-state index contributed by atoms with van der Waals surface area (Å²) in [6, 6.07) is 7.80. The summed E-state index contributed by atoms with van der Waals surface area (Å²) in [6.07, 6.45) is 3.43. The first-order valence-electron chi connectivity index (χ1n) is 8.15. The van der Waals surface area contributed by atoms with E-state index >= 15 is 0 Å². The second-order valence-electron chi connectivity index (χ2n) is 6.18. The number of rotatable bonds is 3. The van der Waals surface area contributed by atoms with E-state index in [1.165, 1.54) is 6.92 Å². The molecule has 3 rings (SSSR count). The normalized spacial score (nSPS) is 21.7. The molecule has 1 fully saturated rings. The summed E-state index contributed by atoms with van der Waals surface area (Å²) in [4.78, 5) is 16.7. The van der Waals surface area contributed by atoms with Crippen LogP contribution in [0.5, 0.6) is 0 Å². The van der Waals surface area contributed by atoms with Gasteiger partial charge in [-0.1, -0.05) is 11.3 Å². The molecule has 1 aliphatic carbocycles. The van der Waals surface area contributed by atoms with Crippen LogP contribution in [0, 0.1) is 0 Å². The third-order valence-electron chi connectivity index (χ3n) is 4.07. The minimum Gasteiger partial charge on any atom is -0.393 e. The topological polar surface area (TPSA) is 79.5 Å². The average Bonchev–Trinajstić information content (AvgIpc) is 2.88. The molecule has 0 bridgehead atoms. The molecule has 1 amide bonds. The molecule has 24 heavy (non-hydrogen) atoms. The van der Waals surface area contributed by atoms with Crippen molar-refractivity contribution in [1.82, 2.24) is 9.78 Å². The van der Waals surface area contributed by atoms with Crippen LogP contribution in [0.4, 0.5) is 5.69 Å². The molecule has 1 aromatic heterocycles. The van der Waals surface area contributed by atoms with Crippen molar-refractivity contribution in [1.29, 1.82) is 0 Å². The van der Waals surface area contributed by atoms with E-state index in [0.717, 1.165) is 46.7 Å². The van der Waals surface area contributed by atoms with Crippen LogP contribution in [-0.2, 0) is 11.8 Å². The monoisotopic (exact) mass is 346 g/mol. The number of aryl methyl sites for hydroxylation is 1. The van der Waals surface area contributed by atoms with E-state index in [9.17, 15) is 9.90 Å². The Hall–Kier alpha value is -1.99. The smallest absolute Gasteiger partial charge is 0.221 e. The maximum atomic E-state index is 11.1. The molecule has 0 radical (unpaired) electrons. The van der Waals surface area contributed by atoms with E-state index in [1.807, 2.05) is 31.3 Å². The highest BCUT2D eigenvalue weighted by atomic mass is 32.1. The lowest BCUT2D eigenvalue weighted by atomic mass is 9.94. The number of benzene rings is 1. The van der Waals surface area contributed by atoms with Gasteiger partial charge >= 0.3 is 0 Å². The zero-order chi connectivity index (χ0) is 17.1. The quantitative estimate of drug-likeness (QED) is 0.895. The van der Waals surface area contributed by atoms with Gasteiger partial charge in [-0.25, -0.2) is 4.68 Å². The van der Waals surface area contributed by atoms with Crippen molar-refractivity contribution < 1.29 is 9.90 Å². The second-order valence-corrected chi connectivity index (χ2v) is 7.13. The van der Waals surface area contributed by atoms with Gasteiger partial charge in [0.1, 0.15) is 5.01 Å². The fourth-order valence-corrected chi connectivity index (χ4v) is 3.86. The van der Waals surface area contributed by atoms with Crippen molar-refractivity contribution in [2.24, 2.45) is 12.0 Å². The summed E-state index contributed by atoms with van der Waals surface area (Å²) in [5.41, 5.74) is 1.77. The molecule has 128 valence electrons. The van der Waals surface area contributed by atoms with Gasteiger partial charge in [-0.15, -0.1) is 0 Å². The van der Waals surface area contributed by atoms with Crippen LogP contribution in [0.1, 0.15) is 32.6 Å². The fourth-order valence-electron chi connectivity index (χ4n) is 2.89. The summed E-state index contributed by atoms with van der Waals surface area (Å²) in [5, 5.41) is 18.0. The molecule has 0 aliphatic heterocycles. The average molecular weight is 346 g/mol. The van der Waals surface area contributed by atoms with Gasteiger partial charge in [0.2, 0.25) is 10.7 Å². The van der Waals surface area contributed by atoms with Crippen LogP contribution in [0.3, 0.4) is 0 Å². The van der Waals surface area contributed by atoms with Crippen LogP contribution in [-0.4, -0.2) is 32.9 Å². The molecule has 0 spiro atoms. The predicted molar refractivity (Wildman–Crippen MR) is 94.7 cm³/mol. The number of carbonyl (C=O) groups is 1. The van der Waals surface area contributed by atoms with Crippen LogP contribution in [0.15, 0.2) is 29.3 Å². The van der Waals surface area contributed by atoms with Crippen molar-refractivity contribution >= 4 is 22.9 Å². The van der Waals surface area contributed by atoms with Gasteiger partial charge in [-0.2, -0.15) is 5.10 Å². The molecule has 1 saturated carbocycles. The lowest BCUT2D eigenvalue weighted by Gasteiger charge is -2.22. The number of nitrogens with zero attached hydrogens (tertiary/aromatic N) is 3. The summed E-state index contributed by atoms with van der Waals surface area (Å²) >= 11 is 1.54. The van der Waals surface area contributed by atoms with E-state index in [4.69, 9.17) is 4.99 Å². The number of aliphatic hydroxyl groups is 1. The molecule has 2 atom stereocenters. The second kappa shape index (κ2) is 7.27.